The summed E-state index contributed by atoms with van der Waals surface area (Å²) in [5, 5.41) is 2.49. The SMILES string of the molecule is CC.Cn1[nH]c(=O)c2c(c1=O)C=CC(C)(C)C=C2. The maximum Gasteiger partial charge on any atom is 0.272 e. The Hall–Kier alpha value is -1.84. The number of aromatic nitrogens is 2. The molecule has 2 rings (SSSR count). The summed E-state index contributed by atoms with van der Waals surface area (Å²) >= 11 is 0. The number of aromatic amines is 1. The highest BCUT2D eigenvalue weighted by Crippen LogP contribution is 2.24. The Morgan fingerprint density at radius 2 is 1.56 bits per heavy atom. The van der Waals surface area contributed by atoms with Crippen LogP contribution in [0.25, 0.3) is 12.2 Å². The molecule has 18 heavy (non-hydrogen) atoms. The molecule has 1 N–H and O–H groups in total. The summed E-state index contributed by atoms with van der Waals surface area (Å²) in [6.07, 6.45) is 7.29. The van der Waals surface area contributed by atoms with E-state index in [0.29, 0.717) is 11.1 Å². The van der Waals surface area contributed by atoms with E-state index in [1.54, 1.807) is 12.2 Å². The number of allylic oxidation sites excluding steroid dienone is 2. The number of hydrogen-bond donors (Lipinski definition) is 1. The van der Waals surface area contributed by atoms with Gasteiger partial charge in [-0.25, -0.2) is 0 Å². The van der Waals surface area contributed by atoms with Gasteiger partial charge in [0.15, 0.2) is 0 Å². The zero-order valence-corrected chi connectivity index (χ0v) is 11.6. The molecule has 1 aromatic heterocycles. The monoisotopic (exact) mass is 248 g/mol. The molecule has 0 fully saturated rings. The lowest BCUT2D eigenvalue weighted by atomic mass is 9.93. The second-order valence-electron chi connectivity index (χ2n) is 4.62. The van der Waals surface area contributed by atoms with Crippen LogP contribution in [-0.2, 0) is 7.05 Å². The van der Waals surface area contributed by atoms with Crippen molar-refractivity contribution in [3.8, 4) is 0 Å². The summed E-state index contributed by atoms with van der Waals surface area (Å²) in [7, 11) is 1.54. The Bertz CT molecular complexity index is 601. The van der Waals surface area contributed by atoms with Gasteiger partial charge >= 0.3 is 0 Å². The van der Waals surface area contributed by atoms with E-state index in [-0.39, 0.29) is 16.5 Å². The molecule has 1 aromatic rings. The number of nitrogens with one attached hydrogen (secondary N) is 1. The summed E-state index contributed by atoms with van der Waals surface area (Å²) in [6, 6.07) is 0. The lowest BCUT2D eigenvalue weighted by Crippen LogP contribution is -2.31. The minimum absolute atomic E-state index is 0.142. The summed E-state index contributed by atoms with van der Waals surface area (Å²) in [6.45, 7) is 8.04. The first-order valence-corrected chi connectivity index (χ1v) is 6.12. The fraction of sp³-hybridized carbons (Fsp3) is 0.429. The molecule has 1 aliphatic carbocycles. The standard InChI is InChI=1S/C12H14N2O2.C2H6/c1-12(2)6-4-8-9(5-7-12)11(16)14(3)13-10(8)15;1-2/h4-7H,1-3H3,(H,13,15);1-2H3. The van der Waals surface area contributed by atoms with Gasteiger partial charge < -0.3 is 0 Å². The van der Waals surface area contributed by atoms with Crippen molar-refractivity contribution in [3.63, 3.8) is 0 Å². The predicted molar refractivity (Wildman–Crippen MR) is 75.5 cm³/mol. The highest BCUT2D eigenvalue weighted by molar-refractivity contribution is 5.67. The van der Waals surface area contributed by atoms with Crippen LogP contribution in [0.15, 0.2) is 21.7 Å². The van der Waals surface area contributed by atoms with Crippen molar-refractivity contribution in [2.45, 2.75) is 27.7 Å². The Balaban J connectivity index is 0.000000771. The molecule has 4 heteroatoms. The second kappa shape index (κ2) is 5.21. The normalized spacial score (nSPS) is 15.4. The molecule has 1 heterocycles. The van der Waals surface area contributed by atoms with Gasteiger partial charge in [-0.2, -0.15) is 0 Å². The van der Waals surface area contributed by atoms with Gasteiger partial charge in [-0.05, 0) is 0 Å². The molecule has 0 aromatic carbocycles. The van der Waals surface area contributed by atoms with Crippen molar-refractivity contribution in [2.24, 2.45) is 12.5 Å². The van der Waals surface area contributed by atoms with E-state index >= 15 is 0 Å². The van der Waals surface area contributed by atoms with Gasteiger partial charge in [0.05, 0.1) is 11.1 Å². The Morgan fingerprint density at radius 3 is 2.11 bits per heavy atom. The van der Waals surface area contributed by atoms with Crippen molar-refractivity contribution in [3.05, 3.63) is 44.0 Å². The predicted octanol–water partition coefficient (Wildman–Crippen LogP) is 2.17. The molecule has 0 radical (unpaired) electrons. The molecule has 0 saturated heterocycles. The first-order chi connectivity index (χ1) is 8.41. The Kier molecular flexibility index (Phi) is 4.11. The van der Waals surface area contributed by atoms with Crippen molar-refractivity contribution in [1.82, 2.24) is 9.78 Å². The smallest absolute Gasteiger partial charge is 0.267 e. The summed E-state index contributed by atoms with van der Waals surface area (Å²) in [4.78, 5) is 23.5. The van der Waals surface area contributed by atoms with E-state index in [4.69, 9.17) is 0 Å². The van der Waals surface area contributed by atoms with Gasteiger partial charge in [-0.15, -0.1) is 0 Å². The van der Waals surface area contributed by atoms with E-state index in [2.05, 4.69) is 5.10 Å². The van der Waals surface area contributed by atoms with Crippen molar-refractivity contribution in [2.75, 3.05) is 0 Å². The lowest BCUT2D eigenvalue weighted by molar-refractivity contribution is 0.633. The van der Waals surface area contributed by atoms with Crippen molar-refractivity contribution in [1.29, 1.82) is 0 Å². The third kappa shape index (κ3) is 2.70. The van der Waals surface area contributed by atoms with Crippen LogP contribution in [0.1, 0.15) is 38.8 Å². The van der Waals surface area contributed by atoms with Crippen molar-refractivity contribution >= 4 is 12.2 Å². The first-order valence-electron chi connectivity index (χ1n) is 6.12. The molecular formula is C14H20N2O2. The average molecular weight is 248 g/mol. The quantitative estimate of drug-likeness (QED) is 0.765. The number of fused-ring (bicyclic) bond motifs is 1. The van der Waals surface area contributed by atoms with Crippen LogP contribution in [0.2, 0.25) is 0 Å². The summed E-state index contributed by atoms with van der Waals surface area (Å²) < 4.78 is 1.21. The maximum absolute atomic E-state index is 11.8. The van der Waals surface area contributed by atoms with E-state index in [0.717, 1.165) is 0 Å². The zero-order valence-electron chi connectivity index (χ0n) is 11.6. The van der Waals surface area contributed by atoms with Crippen LogP contribution >= 0.6 is 0 Å². The zero-order chi connectivity index (χ0) is 13.9. The number of aryl methyl sites for hydroxylation is 1. The molecular weight excluding hydrogens is 228 g/mol. The second-order valence-corrected chi connectivity index (χ2v) is 4.62. The molecule has 0 amide bonds. The van der Waals surface area contributed by atoms with Crippen LogP contribution in [0.3, 0.4) is 0 Å². The van der Waals surface area contributed by atoms with Crippen LogP contribution in [0.4, 0.5) is 0 Å². The fourth-order valence-corrected chi connectivity index (χ4v) is 1.66. The number of nitrogens with zero attached hydrogens (tertiary/aromatic N) is 1. The van der Waals surface area contributed by atoms with Crippen LogP contribution in [0.5, 0.6) is 0 Å². The molecule has 0 saturated carbocycles. The van der Waals surface area contributed by atoms with E-state index in [9.17, 15) is 9.59 Å². The van der Waals surface area contributed by atoms with E-state index in [1.165, 1.54) is 11.7 Å². The topological polar surface area (TPSA) is 54.9 Å². The number of rotatable bonds is 0. The third-order valence-electron chi connectivity index (χ3n) is 2.70. The first kappa shape index (κ1) is 14.2. The summed E-state index contributed by atoms with van der Waals surface area (Å²) in [5.41, 5.74) is 0.318. The highest BCUT2D eigenvalue weighted by Gasteiger charge is 2.16. The molecule has 0 atom stereocenters. The van der Waals surface area contributed by atoms with Gasteiger partial charge in [0.25, 0.3) is 11.1 Å². The number of hydrogen-bond acceptors (Lipinski definition) is 2. The van der Waals surface area contributed by atoms with E-state index in [1.807, 2.05) is 39.8 Å². The fourth-order valence-electron chi connectivity index (χ4n) is 1.66. The van der Waals surface area contributed by atoms with Gasteiger partial charge in [-0.3, -0.25) is 19.4 Å². The largest absolute Gasteiger partial charge is 0.272 e. The summed E-state index contributed by atoms with van der Waals surface area (Å²) in [5.74, 6) is 0. The molecule has 0 bridgehead atoms. The molecule has 1 aliphatic rings. The Morgan fingerprint density at radius 1 is 1.06 bits per heavy atom. The average Bonchev–Trinajstić information content (AvgIpc) is 2.48. The Labute approximate surface area is 107 Å². The lowest BCUT2D eigenvalue weighted by Gasteiger charge is -2.11. The number of H-pyrrole nitrogens is 1. The minimum Gasteiger partial charge on any atom is -0.267 e. The van der Waals surface area contributed by atoms with Crippen molar-refractivity contribution < 1.29 is 0 Å². The molecule has 0 spiro atoms. The maximum atomic E-state index is 11.8. The molecule has 0 unspecified atom stereocenters. The van der Waals surface area contributed by atoms with Gasteiger partial charge in [-0.1, -0.05) is 52.0 Å². The molecule has 98 valence electrons. The molecule has 4 nitrogen and oxygen atoms in total. The third-order valence-corrected chi connectivity index (χ3v) is 2.70. The van der Waals surface area contributed by atoms with Crippen LogP contribution in [-0.4, -0.2) is 9.78 Å². The van der Waals surface area contributed by atoms with Crippen LogP contribution in [0, 0.1) is 5.41 Å². The van der Waals surface area contributed by atoms with Gasteiger partial charge in [0, 0.05) is 12.5 Å². The van der Waals surface area contributed by atoms with Gasteiger partial charge in [0.2, 0.25) is 0 Å². The minimum atomic E-state index is -0.240. The van der Waals surface area contributed by atoms with Crippen LogP contribution < -0.4 is 11.1 Å². The van der Waals surface area contributed by atoms with Gasteiger partial charge in [0.1, 0.15) is 0 Å². The van der Waals surface area contributed by atoms with E-state index < -0.39 is 0 Å². The molecule has 0 aliphatic heterocycles. The highest BCUT2D eigenvalue weighted by atomic mass is 16.2.